The Labute approximate surface area is 89.8 Å². The maximum atomic E-state index is 5.82. The molecule has 2 N–H and O–H groups in total. The zero-order valence-electron chi connectivity index (χ0n) is 8.78. The van der Waals surface area contributed by atoms with Crippen LogP contribution in [0, 0.1) is 0 Å². The van der Waals surface area contributed by atoms with Crippen LogP contribution in [0.15, 0.2) is 18.2 Å². The first-order valence-electron chi connectivity index (χ1n) is 5.63. The fraction of sp³-hybridized carbons (Fsp3) is 0.500. The molecule has 0 aromatic heterocycles. The van der Waals surface area contributed by atoms with E-state index in [0.29, 0.717) is 6.04 Å². The predicted octanol–water partition coefficient (Wildman–Crippen LogP) is 2.02. The standard InChI is InChI=1S/C12H16N2O/c13-9-4-5-12-11(7-9)14-6-2-1-3-10(14)8-15-12/h4-5,7,10H,1-3,6,8,13H2. The summed E-state index contributed by atoms with van der Waals surface area (Å²) in [5.74, 6) is 0.988. The molecule has 1 atom stereocenters. The van der Waals surface area contributed by atoms with Gasteiger partial charge in [-0.1, -0.05) is 0 Å². The second-order valence-electron chi connectivity index (χ2n) is 4.38. The lowest BCUT2D eigenvalue weighted by Crippen LogP contribution is -2.46. The summed E-state index contributed by atoms with van der Waals surface area (Å²) in [6.45, 7) is 1.97. The topological polar surface area (TPSA) is 38.5 Å². The monoisotopic (exact) mass is 204 g/mol. The van der Waals surface area contributed by atoms with Gasteiger partial charge in [0.25, 0.3) is 0 Å². The lowest BCUT2D eigenvalue weighted by molar-refractivity contribution is 0.240. The molecular formula is C12H16N2O. The van der Waals surface area contributed by atoms with Gasteiger partial charge in [-0.05, 0) is 37.5 Å². The highest BCUT2D eigenvalue weighted by molar-refractivity contribution is 5.66. The van der Waals surface area contributed by atoms with E-state index in [2.05, 4.69) is 4.90 Å². The van der Waals surface area contributed by atoms with E-state index >= 15 is 0 Å². The summed E-state index contributed by atoms with van der Waals surface area (Å²) in [4.78, 5) is 2.46. The van der Waals surface area contributed by atoms with Gasteiger partial charge in [-0.3, -0.25) is 0 Å². The number of rotatable bonds is 0. The van der Waals surface area contributed by atoms with E-state index in [1.165, 1.54) is 24.9 Å². The maximum Gasteiger partial charge on any atom is 0.142 e. The minimum Gasteiger partial charge on any atom is -0.489 e. The molecule has 1 aromatic carbocycles. The number of nitrogens with zero attached hydrogens (tertiary/aromatic N) is 1. The third kappa shape index (κ3) is 1.42. The molecule has 1 fully saturated rings. The van der Waals surface area contributed by atoms with E-state index in [-0.39, 0.29) is 0 Å². The zero-order chi connectivity index (χ0) is 10.3. The SMILES string of the molecule is Nc1ccc2c(c1)N1CCCCC1CO2. The first-order chi connectivity index (χ1) is 7.34. The lowest BCUT2D eigenvalue weighted by atomic mass is 10.00. The van der Waals surface area contributed by atoms with Gasteiger partial charge in [0.05, 0.1) is 11.7 Å². The minimum absolute atomic E-state index is 0.563. The van der Waals surface area contributed by atoms with Crippen molar-refractivity contribution in [3.63, 3.8) is 0 Å². The van der Waals surface area contributed by atoms with Crippen molar-refractivity contribution in [3.8, 4) is 5.75 Å². The Morgan fingerprint density at radius 3 is 3.20 bits per heavy atom. The van der Waals surface area contributed by atoms with Crippen LogP contribution in [0.2, 0.25) is 0 Å². The predicted molar refractivity (Wildman–Crippen MR) is 61.3 cm³/mol. The van der Waals surface area contributed by atoms with E-state index < -0.39 is 0 Å². The fourth-order valence-electron chi connectivity index (χ4n) is 2.56. The zero-order valence-corrected chi connectivity index (χ0v) is 8.78. The fourth-order valence-corrected chi connectivity index (χ4v) is 2.56. The van der Waals surface area contributed by atoms with Crippen LogP contribution in [-0.2, 0) is 0 Å². The summed E-state index contributed by atoms with van der Waals surface area (Å²) in [5.41, 5.74) is 7.83. The van der Waals surface area contributed by atoms with Crippen LogP contribution >= 0.6 is 0 Å². The van der Waals surface area contributed by atoms with Gasteiger partial charge in [-0.2, -0.15) is 0 Å². The summed E-state index contributed by atoms with van der Waals surface area (Å²) in [7, 11) is 0. The highest BCUT2D eigenvalue weighted by Crippen LogP contribution is 2.38. The minimum atomic E-state index is 0.563. The number of anilines is 2. The van der Waals surface area contributed by atoms with Gasteiger partial charge in [0, 0.05) is 12.2 Å². The number of nitrogen functional groups attached to an aromatic ring is 1. The molecule has 2 aliphatic rings. The first kappa shape index (κ1) is 8.89. The highest BCUT2D eigenvalue weighted by Gasteiger charge is 2.29. The van der Waals surface area contributed by atoms with Crippen LogP contribution in [0.1, 0.15) is 19.3 Å². The van der Waals surface area contributed by atoms with Crippen LogP contribution in [0.5, 0.6) is 5.75 Å². The summed E-state index contributed by atoms with van der Waals surface area (Å²) in [6, 6.07) is 6.49. The Balaban J connectivity index is 2.01. The number of fused-ring (bicyclic) bond motifs is 3. The van der Waals surface area contributed by atoms with E-state index in [1.54, 1.807) is 0 Å². The van der Waals surface area contributed by atoms with E-state index in [1.807, 2.05) is 18.2 Å². The molecule has 1 saturated heterocycles. The van der Waals surface area contributed by atoms with Gasteiger partial charge in [0.2, 0.25) is 0 Å². The number of benzene rings is 1. The summed E-state index contributed by atoms with van der Waals surface area (Å²) in [6.07, 6.45) is 3.85. The summed E-state index contributed by atoms with van der Waals surface area (Å²) < 4.78 is 5.75. The van der Waals surface area contributed by atoms with Crippen molar-refractivity contribution in [1.82, 2.24) is 0 Å². The molecule has 0 bridgehead atoms. The van der Waals surface area contributed by atoms with Crippen LogP contribution in [0.25, 0.3) is 0 Å². The van der Waals surface area contributed by atoms with Gasteiger partial charge in [0.1, 0.15) is 12.4 Å². The second kappa shape index (κ2) is 3.33. The second-order valence-corrected chi connectivity index (χ2v) is 4.38. The molecule has 2 aliphatic heterocycles. The molecule has 80 valence electrons. The maximum absolute atomic E-state index is 5.82. The van der Waals surface area contributed by atoms with Crippen molar-refractivity contribution in [1.29, 1.82) is 0 Å². The molecule has 2 heterocycles. The average Bonchev–Trinajstić information content (AvgIpc) is 2.29. The molecule has 3 rings (SSSR count). The van der Waals surface area contributed by atoms with Gasteiger partial charge in [-0.15, -0.1) is 0 Å². The highest BCUT2D eigenvalue weighted by atomic mass is 16.5. The number of hydrogen-bond donors (Lipinski definition) is 1. The molecule has 0 amide bonds. The number of nitrogens with two attached hydrogens (primary N) is 1. The Kier molecular flexibility index (Phi) is 1.97. The van der Waals surface area contributed by atoms with E-state index in [9.17, 15) is 0 Å². The van der Waals surface area contributed by atoms with Crippen LogP contribution < -0.4 is 15.4 Å². The first-order valence-corrected chi connectivity index (χ1v) is 5.63. The molecule has 3 heteroatoms. The number of piperidine rings is 1. The van der Waals surface area contributed by atoms with E-state index in [4.69, 9.17) is 10.5 Å². The number of hydrogen-bond acceptors (Lipinski definition) is 3. The van der Waals surface area contributed by atoms with Crippen LogP contribution in [0.3, 0.4) is 0 Å². The molecule has 3 nitrogen and oxygen atoms in total. The molecular weight excluding hydrogens is 188 g/mol. The summed E-state index contributed by atoms with van der Waals surface area (Å²) in [5, 5.41) is 0. The van der Waals surface area contributed by atoms with Crippen molar-refractivity contribution in [2.45, 2.75) is 25.3 Å². The van der Waals surface area contributed by atoms with Gasteiger partial charge in [-0.25, -0.2) is 0 Å². The Hall–Kier alpha value is -1.38. The van der Waals surface area contributed by atoms with E-state index in [0.717, 1.165) is 24.6 Å². The van der Waals surface area contributed by atoms with Crippen LogP contribution in [0.4, 0.5) is 11.4 Å². The van der Waals surface area contributed by atoms with Crippen molar-refractivity contribution in [2.24, 2.45) is 0 Å². The van der Waals surface area contributed by atoms with Crippen LogP contribution in [-0.4, -0.2) is 19.2 Å². The van der Waals surface area contributed by atoms with Gasteiger partial charge < -0.3 is 15.4 Å². The van der Waals surface area contributed by atoms with Crippen molar-refractivity contribution < 1.29 is 4.74 Å². The Morgan fingerprint density at radius 2 is 2.27 bits per heavy atom. The summed E-state index contributed by atoms with van der Waals surface area (Å²) >= 11 is 0. The van der Waals surface area contributed by atoms with Crippen molar-refractivity contribution in [2.75, 3.05) is 23.8 Å². The van der Waals surface area contributed by atoms with Crippen molar-refractivity contribution >= 4 is 11.4 Å². The molecule has 1 unspecified atom stereocenters. The molecule has 15 heavy (non-hydrogen) atoms. The van der Waals surface area contributed by atoms with Gasteiger partial charge in [0.15, 0.2) is 0 Å². The largest absolute Gasteiger partial charge is 0.489 e. The normalized spacial score (nSPS) is 24.0. The lowest BCUT2D eigenvalue weighted by Gasteiger charge is -2.41. The quantitative estimate of drug-likeness (QED) is 0.657. The third-order valence-electron chi connectivity index (χ3n) is 3.35. The van der Waals surface area contributed by atoms with Crippen molar-refractivity contribution in [3.05, 3.63) is 18.2 Å². The molecule has 0 spiro atoms. The van der Waals surface area contributed by atoms with Gasteiger partial charge >= 0.3 is 0 Å². The molecule has 0 saturated carbocycles. The molecule has 0 radical (unpaired) electrons. The Morgan fingerprint density at radius 1 is 1.33 bits per heavy atom. The smallest absolute Gasteiger partial charge is 0.142 e. The Bertz CT molecular complexity index is 378. The molecule has 0 aliphatic carbocycles. The average molecular weight is 204 g/mol. The third-order valence-corrected chi connectivity index (χ3v) is 3.35. The number of ether oxygens (including phenoxy) is 1. The molecule has 1 aromatic rings.